The van der Waals surface area contributed by atoms with Gasteiger partial charge in [-0.15, -0.1) is 11.3 Å². The van der Waals surface area contributed by atoms with Crippen LogP contribution >= 0.6 is 11.3 Å². The van der Waals surface area contributed by atoms with Crippen LogP contribution in [0, 0.1) is 5.92 Å². The molecule has 0 amide bonds. The highest BCUT2D eigenvalue weighted by Crippen LogP contribution is 2.25. The van der Waals surface area contributed by atoms with Gasteiger partial charge in [0.25, 0.3) is 0 Å². The topological polar surface area (TPSA) is 48.1 Å². The number of nitrogens with zero attached hydrogens (tertiary/aromatic N) is 1. The van der Waals surface area contributed by atoms with Crippen LogP contribution in [0.3, 0.4) is 0 Å². The van der Waals surface area contributed by atoms with E-state index in [1.54, 1.807) is 18.4 Å². The average Bonchev–Trinajstić information content (AvgIpc) is 2.65. The maximum atomic E-state index is 6.11. The predicted molar refractivity (Wildman–Crippen MR) is 64.2 cm³/mol. The third-order valence-electron chi connectivity index (χ3n) is 2.46. The monoisotopic (exact) mass is 228 g/mol. The Balaban J connectivity index is 2.69. The summed E-state index contributed by atoms with van der Waals surface area (Å²) in [5.41, 5.74) is 7.24. The van der Waals surface area contributed by atoms with E-state index in [-0.39, 0.29) is 6.04 Å². The lowest BCUT2D eigenvalue weighted by atomic mass is 10.0. The van der Waals surface area contributed by atoms with Gasteiger partial charge >= 0.3 is 0 Å². The Morgan fingerprint density at radius 3 is 2.60 bits per heavy atom. The number of ether oxygens (including phenoxy) is 1. The molecule has 4 heteroatoms. The van der Waals surface area contributed by atoms with E-state index in [0.29, 0.717) is 18.4 Å². The van der Waals surface area contributed by atoms with Crippen molar-refractivity contribution in [3.05, 3.63) is 16.1 Å². The van der Waals surface area contributed by atoms with Crippen LogP contribution in [0.5, 0.6) is 0 Å². The van der Waals surface area contributed by atoms with Crippen molar-refractivity contribution in [1.82, 2.24) is 4.98 Å². The average molecular weight is 228 g/mol. The quantitative estimate of drug-likeness (QED) is 0.842. The van der Waals surface area contributed by atoms with Crippen LogP contribution in [0.25, 0.3) is 0 Å². The molecule has 0 saturated heterocycles. The Bertz CT molecular complexity index is 299. The Kier molecular flexibility index (Phi) is 4.70. The van der Waals surface area contributed by atoms with Gasteiger partial charge in [0.1, 0.15) is 5.01 Å². The SMILES string of the molecule is COCC(C)C(N)c1nc(C(C)C)cs1. The van der Waals surface area contributed by atoms with Crippen molar-refractivity contribution >= 4 is 11.3 Å². The van der Waals surface area contributed by atoms with E-state index in [0.717, 1.165) is 10.7 Å². The van der Waals surface area contributed by atoms with Crippen LogP contribution in [-0.4, -0.2) is 18.7 Å². The molecule has 1 heterocycles. The van der Waals surface area contributed by atoms with E-state index >= 15 is 0 Å². The van der Waals surface area contributed by atoms with E-state index in [4.69, 9.17) is 10.5 Å². The summed E-state index contributed by atoms with van der Waals surface area (Å²) in [4.78, 5) is 4.55. The highest BCUT2D eigenvalue weighted by atomic mass is 32.1. The minimum absolute atomic E-state index is 0.0116. The molecule has 15 heavy (non-hydrogen) atoms. The van der Waals surface area contributed by atoms with Gasteiger partial charge < -0.3 is 10.5 Å². The molecule has 3 nitrogen and oxygen atoms in total. The lowest BCUT2D eigenvalue weighted by molar-refractivity contribution is 0.147. The number of methoxy groups -OCH3 is 1. The first-order valence-electron chi connectivity index (χ1n) is 5.26. The molecule has 0 saturated carbocycles. The second kappa shape index (κ2) is 5.58. The van der Waals surface area contributed by atoms with Gasteiger partial charge in [0.2, 0.25) is 0 Å². The van der Waals surface area contributed by atoms with Gasteiger partial charge in [0.15, 0.2) is 0 Å². The smallest absolute Gasteiger partial charge is 0.110 e. The molecule has 0 radical (unpaired) electrons. The zero-order valence-electron chi connectivity index (χ0n) is 9.86. The van der Waals surface area contributed by atoms with E-state index in [1.165, 1.54) is 0 Å². The zero-order chi connectivity index (χ0) is 11.4. The molecule has 0 spiro atoms. The Labute approximate surface area is 95.7 Å². The van der Waals surface area contributed by atoms with E-state index in [1.807, 2.05) is 0 Å². The number of nitrogens with two attached hydrogens (primary N) is 1. The third kappa shape index (κ3) is 3.26. The van der Waals surface area contributed by atoms with E-state index in [2.05, 4.69) is 31.1 Å². The maximum absolute atomic E-state index is 6.11. The summed E-state index contributed by atoms with van der Waals surface area (Å²) in [5.74, 6) is 0.779. The van der Waals surface area contributed by atoms with E-state index in [9.17, 15) is 0 Å². The fourth-order valence-electron chi connectivity index (χ4n) is 1.33. The molecular formula is C11H20N2OS. The highest BCUT2D eigenvalue weighted by molar-refractivity contribution is 7.09. The van der Waals surface area contributed by atoms with Crippen molar-refractivity contribution in [2.24, 2.45) is 11.7 Å². The summed E-state index contributed by atoms with van der Waals surface area (Å²) in [5, 5.41) is 3.11. The molecule has 1 aromatic heterocycles. The molecule has 2 atom stereocenters. The summed E-state index contributed by atoms with van der Waals surface area (Å²) in [7, 11) is 1.70. The van der Waals surface area contributed by atoms with Crippen LogP contribution < -0.4 is 5.73 Å². The molecule has 0 aliphatic heterocycles. The molecule has 0 aromatic carbocycles. The first kappa shape index (κ1) is 12.6. The molecule has 1 aromatic rings. The zero-order valence-corrected chi connectivity index (χ0v) is 10.7. The van der Waals surface area contributed by atoms with Crippen molar-refractivity contribution < 1.29 is 4.74 Å². The van der Waals surface area contributed by atoms with Gasteiger partial charge in [-0.1, -0.05) is 20.8 Å². The molecule has 0 fully saturated rings. The summed E-state index contributed by atoms with van der Waals surface area (Å²) < 4.78 is 5.10. The fraction of sp³-hybridized carbons (Fsp3) is 0.727. The summed E-state index contributed by atoms with van der Waals surface area (Å²) in [6, 6.07) is -0.0116. The van der Waals surface area contributed by atoms with Crippen molar-refractivity contribution in [2.45, 2.75) is 32.7 Å². The second-order valence-corrected chi connectivity index (χ2v) is 5.11. The van der Waals surface area contributed by atoms with Gasteiger partial charge in [0.05, 0.1) is 18.3 Å². The first-order valence-corrected chi connectivity index (χ1v) is 6.14. The lowest BCUT2D eigenvalue weighted by Crippen LogP contribution is -2.22. The predicted octanol–water partition coefficient (Wildman–Crippen LogP) is 2.55. The summed E-state index contributed by atoms with van der Waals surface area (Å²) >= 11 is 1.65. The minimum Gasteiger partial charge on any atom is -0.384 e. The standard InChI is InChI=1S/C11H20N2OS/c1-7(2)9-6-15-11(13-9)10(12)8(3)5-14-4/h6-8,10H,5,12H2,1-4H3. The number of hydrogen-bond acceptors (Lipinski definition) is 4. The van der Waals surface area contributed by atoms with Crippen LogP contribution in [-0.2, 0) is 4.74 Å². The van der Waals surface area contributed by atoms with Crippen LogP contribution in [0.4, 0.5) is 0 Å². The summed E-state index contributed by atoms with van der Waals surface area (Å²) in [6.45, 7) is 7.05. The number of hydrogen-bond donors (Lipinski definition) is 1. The summed E-state index contributed by atoms with van der Waals surface area (Å²) in [6.07, 6.45) is 0. The molecule has 1 rings (SSSR count). The fourth-order valence-corrected chi connectivity index (χ4v) is 2.44. The Morgan fingerprint density at radius 1 is 1.47 bits per heavy atom. The first-order chi connectivity index (χ1) is 7.06. The van der Waals surface area contributed by atoms with Crippen LogP contribution in [0.1, 0.15) is 43.4 Å². The minimum atomic E-state index is -0.0116. The van der Waals surface area contributed by atoms with Crippen molar-refractivity contribution in [3.8, 4) is 0 Å². The molecular weight excluding hydrogens is 208 g/mol. The Hall–Kier alpha value is -0.450. The molecule has 86 valence electrons. The van der Waals surface area contributed by atoms with Crippen molar-refractivity contribution in [1.29, 1.82) is 0 Å². The molecule has 2 N–H and O–H groups in total. The van der Waals surface area contributed by atoms with Gasteiger partial charge in [-0.05, 0) is 5.92 Å². The largest absolute Gasteiger partial charge is 0.384 e. The van der Waals surface area contributed by atoms with Gasteiger partial charge in [0, 0.05) is 18.4 Å². The number of aromatic nitrogens is 1. The highest BCUT2D eigenvalue weighted by Gasteiger charge is 2.18. The van der Waals surface area contributed by atoms with Crippen molar-refractivity contribution in [3.63, 3.8) is 0 Å². The van der Waals surface area contributed by atoms with Gasteiger partial charge in [-0.25, -0.2) is 4.98 Å². The normalized spacial score (nSPS) is 15.6. The van der Waals surface area contributed by atoms with Crippen LogP contribution in [0.15, 0.2) is 5.38 Å². The second-order valence-electron chi connectivity index (χ2n) is 4.22. The number of thiazole rings is 1. The number of rotatable bonds is 5. The maximum Gasteiger partial charge on any atom is 0.110 e. The van der Waals surface area contributed by atoms with Crippen molar-refractivity contribution in [2.75, 3.05) is 13.7 Å². The molecule has 0 aliphatic carbocycles. The molecule has 2 unspecified atom stereocenters. The van der Waals surface area contributed by atoms with Gasteiger partial charge in [-0.2, -0.15) is 0 Å². The lowest BCUT2D eigenvalue weighted by Gasteiger charge is -2.16. The third-order valence-corrected chi connectivity index (χ3v) is 3.42. The molecule has 0 bridgehead atoms. The van der Waals surface area contributed by atoms with Gasteiger partial charge in [-0.3, -0.25) is 0 Å². The van der Waals surface area contributed by atoms with E-state index < -0.39 is 0 Å². The molecule has 0 aliphatic rings. The Morgan fingerprint density at radius 2 is 2.13 bits per heavy atom. The van der Waals surface area contributed by atoms with Crippen LogP contribution in [0.2, 0.25) is 0 Å².